The van der Waals surface area contributed by atoms with Crippen LogP contribution in [0.25, 0.3) is 0 Å². The van der Waals surface area contributed by atoms with Crippen LogP contribution in [0.2, 0.25) is 0 Å². The lowest BCUT2D eigenvalue weighted by Gasteiger charge is -2.16. The zero-order valence-corrected chi connectivity index (χ0v) is 14.1. The van der Waals surface area contributed by atoms with Gasteiger partial charge >= 0.3 is 0 Å². The Labute approximate surface area is 137 Å². The van der Waals surface area contributed by atoms with Crippen LogP contribution in [0.15, 0.2) is 12.1 Å². The van der Waals surface area contributed by atoms with E-state index in [1.807, 2.05) is 0 Å². The summed E-state index contributed by atoms with van der Waals surface area (Å²) in [6.07, 6.45) is 0. The predicted octanol–water partition coefficient (Wildman–Crippen LogP) is 3.61. The number of aryl methyl sites for hydroxylation is 2. The van der Waals surface area contributed by atoms with Gasteiger partial charge < -0.3 is 9.47 Å². The van der Waals surface area contributed by atoms with Crippen LogP contribution in [0.1, 0.15) is 11.1 Å². The molecular weight excluding hydrogens is 350 g/mol. The Kier molecular flexibility index (Phi) is 5.78. The minimum absolute atomic E-state index is 0.113. The number of halogens is 5. The predicted molar refractivity (Wildman–Crippen MR) is 82.2 cm³/mol. The van der Waals surface area contributed by atoms with Crippen LogP contribution < -0.4 is 15.3 Å². The molecule has 0 amide bonds. The molecule has 0 bridgehead atoms. The minimum Gasteiger partial charge on any atom is -0.467 e. The Balaban J connectivity index is 2.56. The number of rotatable bonds is 5. The molecule has 0 N–H and O–H groups in total. The molecule has 0 aliphatic carbocycles. The van der Waals surface area contributed by atoms with Crippen LogP contribution in [0.3, 0.4) is 0 Å². The molecule has 2 aromatic carbocycles. The van der Waals surface area contributed by atoms with Gasteiger partial charge in [-0.2, -0.15) is 0 Å². The fourth-order valence-corrected chi connectivity index (χ4v) is 3.60. The van der Waals surface area contributed by atoms with Crippen molar-refractivity contribution in [2.45, 2.75) is 13.8 Å². The second kappa shape index (κ2) is 7.45. The second-order valence-corrected chi connectivity index (χ2v) is 6.37. The van der Waals surface area contributed by atoms with Crippen molar-refractivity contribution in [3.8, 4) is 5.75 Å². The summed E-state index contributed by atoms with van der Waals surface area (Å²) in [6.45, 7) is 3.35. The molecule has 0 saturated carbocycles. The highest BCUT2D eigenvalue weighted by Gasteiger charge is 2.26. The summed E-state index contributed by atoms with van der Waals surface area (Å²) in [7, 11) is 0.588. The van der Waals surface area contributed by atoms with Crippen molar-refractivity contribution < 1.29 is 31.4 Å². The summed E-state index contributed by atoms with van der Waals surface area (Å²) in [4.78, 5) is 0. The molecule has 0 aliphatic heterocycles. The van der Waals surface area contributed by atoms with Crippen molar-refractivity contribution >= 4 is 19.2 Å². The molecule has 0 spiro atoms. The minimum atomic E-state index is -2.17. The average molecular weight is 364 g/mol. The summed E-state index contributed by atoms with van der Waals surface area (Å²) in [6, 6.07) is 3.35. The van der Waals surface area contributed by atoms with Gasteiger partial charge in [-0.05, 0) is 39.6 Å². The van der Waals surface area contributed by atoms with Gasteiger partial charge in [0, 0.05) is 12.4 Å². The maximum atomic E-state index is 13.9. The first-order valence-electron chi connectivity index (χ1n) is 6.79. The van der Waals surface area contributed by atoms with Crippen LogP contribution in [0, 0.1) is 42.9 Å². The lowest BCUT2D eigenvalue weighted by molar-refractivity contribution is 0.0514. The van der Waals surface area contributed by atoms with E-state index in [4.69, 9.17) is 9.47 Å². The lowest BCUT2D eigenvalue weighted by Crippen LogP contribution is -2.20. The summed E-state index contributed by atoms with van der Waals surface area (Å²) in [5, 5.41) is -0.550. The van der Waals surface area contributed by atoms with Crippen molar-refractivity contribution in [1.82, 2.24) is 0 Å². The van der Waals surface area contributed by atoms with E-state index in [0.717, 1.165) is 5.56 Å². The highest BCUT2D eigenvalue weighted by molar-refractivity contribution is 7.55. The molecule has 24 heavy (non-hydrogen) atoms. The molecule has 0 aromatic heterocycles. The maximum Gasteiger partial charge on any atom is 0.200 e. The maximum absolute atomic E-state index is 13.9. The van der Waals surface area contributed by atoms with E-state index in [-0.39, 0.29) is 6.79 Å². The molecule has 8 heteroatoms. The molecule has 0 saturated heterocycles. The molecule has 2 rings (SSSR count). The van der Waals surface area contributed by atoms with Gasteiger partial charge in [-0.3, -0.25) is 0 Å². The number of hydrogen-bond acceptors (Lipinski definition) is 2. The third-order valence-corrected chi connectivity index (χ3v) is 4.54. The molecule has 2 aromatic rings. The Hall–Kier alpha value is -1.72. The SMILES string of the molecule is COCOc1c(C)cc(C)cc1Pc1c(F)c(F)c(F)c(F)c1F. The molecule has 2 nitrogen and oxygen atoms in total. The van der Waals surface area contributed by atoms with Crippen LogP contribution in [-0.2, 0) is 4.74 Å². The average Bonchev–Trinajstić information content (AvgIpc) is 2.54. The Morgan fingerprint density at radius 2 is 1.42 bits per heavy atom. The highest BCUT2D eigenvalue weighted by atomic mass is 31.1. The monoisotopic (exact) mass is 364 g/mol. The fraction of sp³-hybridized carbons (Fsp3) is 0.250. The fourth-order valence-electron chi connectivity index (χ4n) is 2.21. The van der Waals surface area contributed by atoms with E-state index in [9.17, 15) is 22.0 Å². The molecular formula is C16H14F5O2P. The van der Waals surface area contributed by atoms with Crippen molar-refractivity contribution in [2.75, 3.05) is 13.9 Å². The van der Waals surface area contributed by atoms with Crippen LogP contribution in [0.4, 0.5) is 22.0 Å². The highest BCUT2D eigenvalue weighted by Crippen LogP contribution is 2.28. The summed E-state index contributed by atoms with van der Waals surface area (Å²) in [5.74, 6) is -9.46. The van der Waals surface area contributed by atoms with Gasteiger partial charge in [0.25, 0.3) is 0 Å². The molecule has 130 valence electrons. The van der Waals surface area contributed by atoms with E-state index in [1.54, 1.807) is 26.0 Å². The van der Waals surface area contributed by atoms with E-state index in [2.05, 4.69) is 0 Å². The van der Waals surface area contributed by atoms with Crippen molar-refractivity contribution in [3.63, 3.8) is 0 Å². The van der Waals surface area contributed by atoms with Gasteiger partial charge in [0.2, 0.25) is 5.82 Å². The third-order valence-electron chi connectivity index (χ3n) is 3.21. The Morgan fingerprint density at radius 3 is 1.96 bits per heavy atom. The molecule has 0 fully saturated rings. The summed E-state index contributed by atoms with van der Waals surface area (Å²) in [5.41, 5.74) is 1.43. The molecule has 1 atom stereocenters. The van der Waals surface area contributed by atoms with Crippen molar-refractivity contribution in [2.24, 2.45) is 0 Å². The lowest BCUT2D eigenvalue weighted by atomic mass is 10.1. The Morgan fingerprint density at radius 1 is 0.875 bits per heavy atom. The van der Waals surface area contributed by atoms with E-state index >= 15 is 0 Å². The quantitative estimate of drug-likeness (QED) is 0.265. The zero-order chi connectivity index (χ0) is 18.0. The molecule has 1 unspecified atom stereocenters. The number of methoxy groups -OCH3 is 1. The van der Waals surface area contributed by atoms with Crippen molar-refractivity contribution in [3.05, 3.63) is 52.3 Å². The van der Waals surface area contributed by atoms with Crippen LogP contribution in [0.5, 0.6) is 5.75 Å². The van der Waals surface area contributed by atoms with Gasteiger partial charge in [-0.15, -0.1) is 0 Å². The normalized spacial score (nSPS) is 11.5. The number of benzene rings is 2. The van der Waals surface area contributed by atoms with Gasteiger partial charge in [0.15, 0.2) is 30.1 Å². The summed E-state index contributed by atoms with van der Waals surface area (Å²) >= 11 is 0. The van der Waals surface area contributed by atoms with Gasteiger partial charge in [-0.25, -0.2) is 22.0 Å². The van der Waals surface area contributed by atoms with E-state index < -0.39 is 43.0 Å². The largest absolute Gasteiger partial charge is 0.467 e. The summed E-state index contributed by atoms with van der Waals surface area (Å²) < 4.78 is 77.8. The van der Waals surface area contributed by atoms with Crippen LogP contribution >= 0.6 is 8.58 Å². The van der Waals surface area contributed by atoms with Gasteiger partial charge in [-0.1, -0.05) is 6.07 Å². The van der Waals surface area contributed by atoms with Crippen molar-refractivity contribution in [1.29, 1.82) is 0 Å². The topological polar surface area (TPSA) is 18.5 Å². The second-order valence-electron chi connectivity index (χ2n) is 5.08. The van der Waals surface area contributed by atoms with E-state index in [0.29, 0.717) is 16.6 Å². The Bertz CT molecular complexity index is 751. The molecule has 0 radical (unpaired) electrons. The first kappa shape index (κ1) is 18.6. The smallest absolute Gasteiger partial charge is 0.200 e. The standard InChI is InChI=1S/C16H14F5O2P/c1-7-4-8(2)15(23-6-22-3)9(5-7)24-16-13(20)11(18)10(17)12(19)14(16)21/h4-5,24H,6H2,1-3H3. The number of hydrogen-bond donors (Lipinski definition) is 0. The first-order chi connectivity index (χ1) is 11.3. The van der Waals surface area contributed by atoms with Gasteiger partial charge in [0.05, 0.1) is 5.30 Å². The van der Waals surface area contributed by atoms with Crippen LogP contribution in [-0.4, -0.2) is 13.9 Å². The number of ether oxygens (including phenoxy) is 2. The van der Waals surface area contributed by atoms with E-state index in [1.165, 1.54) is 7.11 Å². The third kappa shape index (κ3) is 3.52. The van der Waals surface area contributed by atoms with Gasteiger partial charge in [0.1, 0.15) is 5.75 Å². The zero-order valence-electron chi connectivity index (χ0n) is 13.1. The molecule has 0 aliphatic rings. The first-order valence-corrected chi connectivity index (χ1v) is 7.79. The molecule has 0 heterocycles.